The van der Waals surface area contributed by atoms with Gasteiger partial charge in [-0.2, -0.15) is 0 Å². The summed E-state index contributed by atoms with van der Waals surface area (Å²) >= 11 is 7.65. The van der Waals surface area contributed by atoms with Gasteiger partial charge in [-0.1, -0.05) is 12.2 Å². The van der Waals surface area contributed by atoms with E-state index in [-0.39, 0.29) is 10.3 Å². The SMILES string of the molecule is CCOC(=O)CNC.NC(=S)S. The minimum Gasteiger partial charge on any atom is -0.465 e. The molecule has 0 aliphatic carbocycles. The molecule has 0 bridgehead atoms. The molecule has 0 saturated carbocycles. The van der Waals surface area contributed by atoms with Crippen LogP contribution in [0.25, 0.3) is 0 Å². The predicted molar refractivity (Wildman–Crippen MR) is 56.3 cm³/mol. The van der Waals surface area contributed by atoms with Crippen LogP contribution < -0.4 is 11.1 Å². The summed E-state index contributed by atoms with van der Waals surface area (Å²) in [5.41, 5.74) is 4.71. The molecule has 12 heavy (non-hydrogen) atoms. The molecule has 0 amide bonds. The molecule has 0 rings (SSSR count). The van der Waals surface area contributed by atoms with Crippen LogP contribution in [0.5, 0.6) is 0 Å². The minimum absolute atomic E-state index is 0.194. The van der Waals surface area contributed by atoms with E-state index in [0.29, 0.717) is 13.2 Å². The second-order valence-corrected chi connectivity index (χ2v) is 2.90. The van der Waals surface area contributed by atoms with Gasteiger partial charge in [0.1, 0.15) is 4.32 Å². The number of hydrogen-bond donors (Lipinski definition) is 3. The van der Waals surface area contributed by atoms with Crippen LogP contribution in [0, 0.1) is 0 Å². The maximum Gasteiger partial charge on any atom is 0.319 e. The van der Waals surface area contributed by atoms with E-state index in [1.165, 1.54) is 0 Å². The summed E-state index contributed by atoms with van der Waals surface area (Å²) in [6.45, 7) is 2.54. The van der Waals surface area contributed by atoms with Gasteiger partial charge in [-0.25, -0.2) is 0 Å². The zero-order chi connectivity index (χ0) is 9.98. The monoisotopic (exact) mass is 210 g/mol. The van der Waals surface area contributed by atoms with Crippen molar-refractivity contribution < 1.29 is 9.53 Å². The van der Waals surface area contributed by atoms with Crippen molar-refractivity contribution >= 4 is 35.1 Å². The Labute approximate surface area is 83.2 Å². The Bertz CT molecular complexity index is 130. The van der Waals surface area contributed by atoms with Gasteiger partial charge in [0.2, 0.25) is 0 Å². The first-order chi connectivity index (χ1) is 5.54. The van der Waals surface area contributed by atoms with E-state index in [2.05, 4.69) is 34.9 Å². The highest BCUT2D eigenvalue weighted by molar-refractivity contribution is 8.10. The van der Waals surface area contributed by atoms with Crippen LogP contribution in [0.15, 0.2) is 0 Å². The van der Waals surface area contributed by atoms with Gasteiger partial charge in [-0.3, -0.25) is 4.79 Å². The molecule has 6 heteroatoms. The predicted octanol–water partition coefficient (Wildman–Crippen LogP) is -0.0713. The number of esters is 1. The first kappa shape index (κ1) is 14.2. The highest BCUT2D eigenvalue weighted by Gasteiger charge is 1.94. The fourth-order valence-corrected chi connectivity index (χ4v) is 0.356. The number of rotatable bonds is 3. The fraction of sp³-hybridized carbons (Fsp3) is 0.667. The van der Waals surface area contributed by atoms with Gasteiger partial charge in [0.25, 0.3) is 0 Å². The number of ether oxygens (including phenoxy) is 1. The summed E-state index contributed by atoms with van der Waals surface area (Å²) in [7, 11) is 1.71. The largest absolute Gasteiger partial charge is 0.465 e. The van der Waals surface area contributed by atoms with Crippen molar-refractivity contribution in [1.29, 1.82) is 0 Å². The normalized spacial score (nSPS) is 7.92. The number of nitrogens with two attached hydrogens (primary N) is 1. The molecule has 0 atom stereocenters. The third kappa shape index (κ3) is 22.6. The zero-order valence-electron chi connectivity index (χ0n) is 7.16. The first-order valence-electron chi connectivity index (χ1n) is 3.33. The van der Waals surface area contributed by atoms with Gasteiger partial charge >= 0.3 is 5.97 Å². The average Bonchev–Trinajstić information content (AvgIpc) is 1.87. The number of thiol groups is 1. The van der Waals surface area contributed by atoms with E-state index in [1.807, 2.05) is 0 Å². The van der Waals surface area contributed by atoms with Crippen LogP contribution in [0.3, 0.4) is 0 Å². The maximum absolute atomic E-state index is 10.4. The number of carbonyl (C=O) groups excluding carboxylic acids is 1. The lowest BCUT2D eigenvalue weighted by molar-refractivity contribution is -0.141. The molecule has 0 spiro atoms. The molecular formula is C6H14N2O2S2. The van der Waals surface area contributed by atoms with Gasteiger partial charge < -0.3 is 15.8 Å². The Morgan fingerprint density at radius 2 is 2.17 bits per heavy atom. The highest BCUT2D eigenvalue weighted by atomic mass is 32.1. The Morgan fingerprint density at radius 3 is 2.42 bits per heavy atom. The Morgan fingerprint density at radius 1 is 1.75 bits per heavy atom. The number of hydrogen-bond acceptors (Lipinski definition) is 4. The van der Waals surface area contributed by atoms with Crippen molar-refractivity contribution in [2.45, 2.75) is 6.92 Å². The minimum atomic E-state index is -0.199. The molecule has 0 fully saturated rings. The molecule has 0 radical (unpaired) electrons. The van der Waals surface area contributed by atoms with Crippen molar-refractivity contribution in [3.05, 3.63) is 0 Å². The summed E-state index contributed by atoms with van der Waals surface area (Å²) < 4.78 is 4.78. The summed E-state index contributed by atoms with van der Waals surface area (Å²) in [5.74, 6) is -0.199. The van der Waals surface area contributed by atoms with Crippen molar-refractivity contribution in [2.24, 2.45) is 5.73 Å². The van der Waals surface area contributed by atoms with Gasteiger partial charge in [0, 0.05) is 0 Å². The standard InChI is InChI=1S/C5H11NO2.CH3NS2/c1-3-8-5(7)4-6-2;2-1(3)4/h6H,3-4H2,1-2H3;(H3,2,3,4). The maximum atomic E-state index is 10.4. The lowest BCUT2D eigenvalue weighted by Crippen LogP contribution is -2.20. The van der Waals surface area contributed by atoms with Gasteiger partial charge in [-0.05, 0) is 14.0 Å². The molecule has 0 heterocycles. The van der Waals surface area contributed by atoms with E-state index in [0.717, 1.165) is 0 Å². The zero-order valence-corrected chi connectivity index (χ0v) is 8.87. The summed E-state index contributed by atoms with van der Waals surface area (Å²) in [5, 5.41) is 2.68. The number of likely N-dealkylation sites (N-methyl/N-ethyl adjacent to an activating group) is 1. The molecule has 72 valence electrons. The molecule has 0 unspecified atom stereocenters. The Balaban J connectivity index is 0. The van der Waals surface area contributed by atoms with Crippen molar-refractivity contribution in [1.82, 2.24) is 5.32 Å². The average molecular weight is 210 g/mol. The fourth-order valence-electron chi connectivity index (χ4n) is 0.356. The van der Waals surface area contributed by atoms with Gasteiger partial charge in [0.15, 0.2) is 0 Å². The molecular weight excluding hydrogens is 196 g/mol. The summed E-state index contributed by atoms with van der Waals surface area (Å²) in [6.07, 6.45) is 0. The van der Waals surface area contributed by atoms with Crippen molar-refractivity contribution in [2.75, 3.05) is 20.2 Å². The van der Waals surface area contributed by atoms with Crippen LogP contribution in [0.1, 0.15) is 6.92 Å². The van der Waals surface area contributed by atoms with Crippen LogP contribution in [0.2, 0.25) is 0 Å². The number of carbonyl (C=O) groups is 1. The van der Waals surface area contributed by atoms with Crippen molar-refractivity contribution in [3.63, 3.8) is 0 Å². The quantitative estimate of drug-likeness (QED) is 0.346. The summed E-state index contributed by atoms with van der Waals surface area (Å²) in [4.78, 5) is 10.4. The van der Waals surface area contributed by atoms with E-state index in [4.69, 9.17) is 5.73 Å². The van der Waals surface area contributed by atoms with E-state index < -0.39 is 0 Å². The van der Waals surface area contributed by atoms with E-state index in [9.17, 15) is 4.79 Å². The van der Waals surface area contributed by atoms with Crippen LogP contribution in [-0.4, -0.2) is 30.5 Å². The molecule has 0 aliphatic rings. The van der Waals surface area contributed by atoms with Crippen LogP contribution >= 0.6 is 24.8 Å². The third-order valence-electron chi connectivity index (χ3n) is 0.626. The second-order valence-electron chi connectivity index (χ2n) is 1.67. The van der Waals surface area contributed by atoms with E-state index in [1.54, 1.807) is 14.0 Å². The Hall–Kier alpha value is -0.330. The highest BCUT2D eigenvalue weighted by Crippen LogP contribution is 1.72. The molecule has 0 saturated heterocycles. The van der Waals surface area contributed by atoms with Crippen LogP contribution in [0.4, 0.5) is 0 Å². The van der Waals surface area contributed by atoms with Crippen LogP contribution in [-0.2, 0) is 9.53 Å². The molecule has 3 N–H and O–H groups in total. The second kappa shape index (κ2) is 10.7. The molecule has 0 aliphatic heterocycles. The van der Waals surface area contributed by atoms with E-state index >= 15 is 0 Å². The van der Waals surface area contributed by atoms with Crippen molar-refractivity contribution in [3.8, 4) is 0 Å². The number of nitrogens with one attached hydrogen (secondary N) is 1. The summed E-state index contributed by atoms with van der Waals surface area (Å²) in [6, 6.07) is 0. The topological polar surface area (TPSA) is 64.3 Å². The first-order valence-corrected chi connectivity index (χ1v) is 4.18. The van der Waals surface area contributed by atoms with Gasteiger partial charge in [0.05, 0.1) is 13.2 Å². The Kier molecular flexibility index (Phi) is 12.6. The third-order valence-corrected chi connectivity index (χ3v) is 0.626. The van der Waals surface area contributed by atoms with Gasteiger partial charge in [-0.15, -0.1) is 12.6 Å². The molecule has 0 aromatic carbocycles. The molecule has 0 aromatic heterocycles. The molecule has 4 nitrogen and oxygen atoms in total. The lowest BCUT2D eigenvalue weighted by Gasteiger charge is -1.97. The number of thiocarbonyl (C=S) groups is 1. The lowest BCUT2D eigenvalue weighted by atomic mass is 10.6. The molecule has 0 aromatic rings. The smallest absolute Gasteiger partial charge is 0.319 e.